The van der Waals surface area contributed by atoms with Crippen molar-refractivity contribution in [2.75, 3.05) is 6.61 Å². The van der Waals surface area contributed by atoms with Crippen LogP contribution in [0.15, 0.2) is 23.8 Å². The zero-order valence-corrected chi connectivity index (χ0v) is 6.05. The fourth-order valence-electron chi connectivity index (χ4n) is 1.57. The molecule has 1 aliphatic carbocycles. The van der Waals surface area contributed by atoms with Crippen molar-refractivity contribution in [3.05, 3.63) is 23.8 Å². The molecule has 0 aromatic carbocycles. The third-order valence-corrected chi connectivity index (χ3v) is 2.14. The third kappa shape index (κ3) is 2.19. The zero-order valence-electron chi connectivity index (χ0n) is 6.05. The first-order valence-electron chi connectivity index (χ1n) is 3.94. The molecule has 0 bridgehead atoms. The number of hydrogen-bond acceptors (Lipinski definition) is 1. The van der Waals surface area contributed by atoms with E-state index in [0.29, 0.717) is 6.10 Å². The van der Waals surface area contributed by atoms with E-state index in [1.165, 1.54) is 18.4 Å². The van der Waals surface area contributed by atoms with E-state index in [0.717, 1.165) is 13.0 Å². The second-order valence-electron chi connectivity index (χ2n) is 2.88. The van der Waals surface area contributed by atoms with Gasteiger partial charge in [-0.25, -0.2) is 0 Å². The van der Waals surface area contributed by atoms with Gasteiger partial charge in [-0.3, -0.25) is 0 Å². The molecule has 56 valence electrons. The van der Waals surface area contributed by atoms with E-state index in [-0.39, 0.29) is 29.6 Å². The molecular formula is C9H13NaO. The first-order chi connectivity index (χ1) is 4.97. The SMILES string of the molecule is C1=CCC(C2CCCO2)=C1.[NaH]. The summed E-state index contributed by atoms with van der Waals surface area (Å²) in [5.41, 5.74) is 1.47. The van der Waals surface area contributed by atoms with E-state index in [9.17, 15) is 0 Å². The minimum absolute atomic E-state index is 0. The predicted octanol–water partition coefficient (Wildman–Crippen LogP) is 1.40. The Kier molecular flexibility index (Phi) is 3.86. The molecule has 1 fully saturated rings. The predicted molar refractivity (Wildman–Crippen MR) is 48.0 cm³/mol. The van der Waals surface area contributed by atoms with E-state index >= 15 is 0 Å². The summed E-state index contributed by atoms with van der Waals surface area (Å²) in [6, 6.07) is 0. The van der Waals surface area contributed by atoms with Crippen LogP contribution in [0, 0.1) is 0 Å². The molecule has 1 aliphatic heterocycles. The molecule has 0 saturated carbocycles. The summed E-state index contributed by atoms with van der Waals surface area (Å²) >= 11 is 0. The second-order valence-corrected chi connectivity index (χ2v) is 2.88. The maximum atomic E-state index is 5.53. The molecule has 0 amide bonds. The van der Waals surface area contributed by atoms with Crippen LogP contribution in [0.4, 0.5) is 0 Å². The molecule has 1 saturated heterocycles. The van der Waals surface area contributed by atoms with Crippen molar-refractivity contribution in [1.82, 2.24) is 0 Å². The van der Waals surface area contributed by atoms with Crippen LogP contribution in [0.1, 0.15) is 19.3 Å². The number of rotatable bonds is 1. The van der Waals surface area contributed by atoms with Crippen molar-refractivity contribution >= 4 is 29.6 Å². The van der Waals surface area contributed by atoms with Gasteiger partial charge in [0.2, 0.25) is 0 Å². The van der Waals surface area contributed by atoms with Gasteiger partial charge in [-0.1, -0.05) is 18.2 Å². The molecule has 11 heavy (non-hydrogen) atoms. The van der Waals surface area contributed by atoms with Gasteiger partial charge in [-0.2, -0.15) is 0 Å². The van der Waals surface area contributed by atoms with Gasteiger partial charge in [0.25, 0.3) is 0 Å². The van der Waals surface area contributed by atoms with Gasteiger partial charge in [0.05, 0.1) is 6.10 Å². The Hall–Kier alpha value is 0.440. The van der Waals surface area contributed by atoms with Crippen molar-refractivity contribution in [3.63, 3.8) is 0 Å². The van der Waals surface area contributed by atoms with Crippen LogP contribution < -0.4 is 0 Å². The number of ether oxygens (including phenoxy) is 1. The van der Waals surface area contributed by atoms with E-state index in [2.05, 4.69) is 18.2 Å². The summed E-state index contributed by atoms with van der Waals surface area (Å²) in [4.78, 5) is 0. The van der Waals surface area contributed by atoms with Gasteiger partial charge in [0, 0.05) is 6.61 Å². The Labute approximate surface area is 89.8 Å². The fraction of sp³-hybridized carbons (Fsp3) is 0.556. The van der Waals surface area contributed by atoms with E-state index in [1.807, 2.05) is 0 Å². The number of hydrogen-bond donors (Lipinski definition) is 0. The van der Waals surface area contributed by atoms with E-state index in [1.54, 1.807) is 0 Å². The van der Waals surface area contributed by atoms with Crippen LogP contribution >= 0.6 is 0 Å². The average molecular weight is 160 g/mol. The van der Waals surface area contributed by atoms with Crippen LogP contribution in [0.2, 0.25) is 0 Å². The minimum atomic E-state index is 0. The van der Waals surface area contributed by atoms with Gasteiger partial charge < -0.3 is 4.74 Å². The first-order valence-corrected chi connectivity index (χ1v) is 3.94. The summed E-state index contributed by atoms with van der Waals surface area (Å²) in [5.74, 6) is 0. The van der Waals surface area contributed by atoms with Crippen molar-refractivity contribution in [3.8, 4) is 0 Å². The second kappa shape index (κ2) is 4.46. The van der Waals surface area contributed by atoms with Crippen molar-refractivity contribution in [1.29, 1.82) is 0 Å². The topological polar surface area (TPSA) is 9.23 Å². The van der Waals surface area contributed by atoms with Crippen LogP contribution in [0.3, 0.4) is 0 Å². The molecule has 1 unspecified atom stereocenters. The van der Waals surface area contributed by atoms with Gasteiger partial charge in [-0.15, -0.1) is 0 Å². The Morgan fingerprint density at radius 2 is 2.36 bits per heavy atom. The maximum absolute atomic E-state index is 5.53. The van der Waals surface area contributed by atoms with Crippen LogP contribution in [-0.4, -0.2) is 42.3 Å². The van der Waals surface area contributed by atoms with Crippen molar-refractivity contribution < 1.29 is 4.74 Å². The normalized spacial score (nSPS) is 28.4. The van der Waals surface area contributed by atoms with Gasteiger partial charge >= 0.3 is 29.6 Å². The third-order valence-electron chi connectivity index (χ3n) is 2.14. The Bertz CT molecular complexity index is 178. The van der Waals surface area contributed by atoms with Crippen molar-refractivity contribution in [2.45, 2.75) is 25.4 Å². The Morgan fingerprint density at radius 1 is 1.45 bits per heavy atom. The van der Waals surface area contributed by atoms with E-state index in [4.69, 9.17) is 4.74 Å². The number of allylic oxidation sites excluding steroid dienone is 3. The molecule has 2 aliphatic rings. The first kappa shape index (κ1) is 9.53. The fourth-order valence-corrected chi connectivity index (χ4v) is 1.57. The Morgan fingerprint density at radius 3 is 2.91 bits per heavy atom. The van der Waals surface area contributed by atoms with Gasteiger partial charge in [-0.05, 0) is 24.8 Å². The zero-order chi connectivity index (χ0) is 6.81. The Balaban J connectivity index is 0.000000605. The molecule has 1 nitrogen and oxygen atoms in total. The summed E-state index contributed by atoms with van der Waals surface area (Å²) in [5, 5.41) is 0. The average Bonchev–Trinajstić information content (AvgIpc) is 2.59. The summed E-state index contributed by atoms with van der Waals surface area (Å²) in [6.45, 7) is 0.960. The molecule has 0 spiro atoms. The monoisotopic (exact) mass is 160 g/mol. The van der Waals surface area contributed by atoms with Gasteiger partial charge in [0.1, 0.15) is 0 Å². The van der Waals surface area contributed by atoms with Crippen LogP contribution in [-0.2, 0) is 4.74 Å². The molecule has 2 heteroatoms. The molecule has 0 N–H and O–H groups in total. The quantitative estimate of drug-likeness (QED) is 0.527. The van der Waals surface area contributed by atoms with Crippen LogP contribution in [0.5, 0.6) is 0 Å². The van der Waals surface area contributed by atoms with E-state index < -0.39 is 0 Å². The molecule has 1 heterocycles. The summed E-state index contributed by atoms with van der Waals surface area (Å²) in [6.07, 6.45) is 10.5. The molecule has 2 rings (SSSR count). The molecule has 0 radical (unpaired) electrons. The molecular weight excluding hydrogens is 147 g/mol. The standard InChI is InChI=1S/C9H12O.Na.H/c1-2-5-8(4-1)9-6-3-7-10-9;;/h1-2,4,9H,3,5-7H2;;. The summed E-state index contributed by atoms with van der Waals surface area (Å²) in [7, 11) is 0. The van der Waals surface area contributed by atoms with Crippen LogP contribution in [0.25, 0.3) is 0 Å². The van der Waals surface area contributed by atoms with Crippen molar-refractivity contribution in [2.24, 2.45) is 0 Å². The molecule has 1 atom stereocenters. The van der Waals surface area contributed by atoms with Gasteiger partial charge in [0.15, 0.2) is 0 Å². The molecule has 0 aromatic rings. The molecule has 0 aromatic heterocycles. The summed E-state index contributed by atoms with van der Waals surface area (Å²) < 4.78 is 5.53.